The lowest BCUT2D eigenvalue weighted by Gasteiger charge is -2.18. The van der Waals surface area contributed by atoms with E-state index < -0.39 is 0 Å². The smallest absolute Gasteiger partial charge is 0.193 e. The van der Waals surface area contributed by atoms with Gasteiger partial charge < -0.3 is 20.7 Å². The first-order chi connectivity index (χ1) is 11.3. The van der Waals surface area contributed by atoms with Gasteiger partial charge in [-0.05, 0) is 45.0 Å². The molecular formula is C18H30N4O. The topological polar surface area (TPSA) is 62.9 Å². The monoisotopic (exact) mass is 318 g/mol. The quantitative estimate of drug-likeness (QED) is 0.461. The van der Waals surface area contributed by atoms with Gasteiger partial charge in [-0.25, -0.2) is 0 Å². The minimum absolute atomic E-state index is 0.476. The molecule has 0 amide bonds. The number of ether oxygens (including phenoxy) is 1. The van der Waals surface area contributed by atoms with Crippen molar-refractivity contribution in [2.45, 2.75) is 38.7 Å². The summed E-state index contributed by atoms with van der Waals surface area (Å²) in [6.07, 6.45) is 6.49. The van der Waals surface area contributed by atoms with Gasteiger partial charge in [-0.15, -0.1) is 0 Å². The molecule has 3 N–H and O–H groups in total. The van der Waals surface area contributed by atoms with Crippen LogP contribution in [0.4, 0.5) is 5.69 Å². The van der Waals surface area contributed by atoms with E-state index in [-0.39, 0.29) is 0 Å². The first-order valence-corrected chi connectivity index (χ1v) is 8.66. The number of aliphatic imine (C=N–C) groups is 1. The predicted molar refractivity (Wildman–Crippen MR) is 96.8 cm³/mol. The van der Waals surface area contributed by atoms with Crippen LogP contribution in [0.25, 0.3) is 0 Å². The Hall–Kier alpha value is -1.59. The molecule has 0 unspecified atom stereocenters. The summed E-state index contributed by atoms with van der Waals surface area (Å²) in [6, 6.07) is 7.99. The number of nitrogens with one attached hydrogen (secondary N) is 1. The second kappa shape index (κ2) is 10.2. The molecule has 0 aliphatic carbocycles. The Labute approximate surface area is 139 Å². The maximum Gasteiger partial charge on any atom is 0.193 e. The number of methoxy groups -OCH3 is 1. The highest BCUT2D eigenvalue weighted by molar-refractivity contribution is 5.92. The van der Waals surface area contributed by atoms with Gasteiger partial charge in [0.15, 0.2) is 5.96 Å². The van der Waals surface area contributed by atoms with Gasteiger partial charge in [-0.2, -0.15) is 0 Å². The van der Waals surface area contributed by atoms with E-state index in [4.69, 9.17) is 10.5 Å². The van der Waals surface area contributed by atoms with Crippen LogP contribution in [0.2, 0.25) is 0 Å². The number of benzene rings is 1. The van der Waals surface area contributed by atoms with Crippen LogP contribution in [0, 0.1) is 0 Å². The van der Waals surface area contributed by atoms with E-state index in [2.05, 4.69) is 15.2 Å². The maximum atomic E-state index is 6.00. The number of para-hydroxylation sites is 1. The first kappa shape index (κ1) is 17.8. The zero-order valence-corrected chi connectivity index (χ0v) is 14.3. The second-order valence-electron chi connectivity index (χ2n) is 6.09. The minimum Gasteiger partial charge on any atom is -0.380 e. The van der Waals surface area contributed by atoms with Crippen LogP contribution in [-0.2, 0) is 11.3 Å². The number of nitrogens with zero attached hydrogens (tertiary/aromatic N) is 2. The number of anilines is 1. The van der Waals surface area contributed by atoms with E-state index in [0.29, 0.717) is 12.6 Å². The molecule has 1 aromatic carbocycles. The molecule has 0 radical (unpaired) electrons. The number of hydrogen-bond acceptors (Lipinski definition) is 3. The fourth-order valence-corrected chi connectivity index (χ4v) is 2.95. The van der Waals surface area contributed by atoms with Crippen molar-refractivity contribution < 1.29 is 4.74 Å². The molecule has 1 heterocycles. The fourth-order valence-electron chi connectivity index (χ4n) is 2.95. The summed E-state index contributed by atoms with van der Waals surface area (Å²) in [6.45, 7) is 4.92. The van der Waals surface area contributed by atoms with Gasteiger partial charge in [0.05, 0.1) is 6.61 Å². The van der Waals surface area contributed by atoms with Gasteiger partial charge in [-0.3, -0.25) is 4.99 Å². The maximum absolute atomic E-state index is 6.00. The number of nitrogens with two attached hydrogens (primary N) is 1. The Morgan fingerprint density at radius 1 is 1.22 bits per heavy atom. The molecule has 0 atom stereocenters. The SMILES string of the molecule is COCc1ccccc1NC(N)=NCCCN1CCCCCC1. The van der Waals surface area contributed by atoms with Crippen LogP contribution < -0.4 is 11.1 Å². The molecule has 5 nitrogen and oxygen atoms in total. The van der Waals surface area contributed by atoms with E-state index in [1.807, 2.05) is 24.3 Å². The number of likely N-dealkylation sites (tertiary alicyclic amines) is 1. The highest BCUT2D eigenvalue weighted by Crippen LogP contribution is 2.15. The van der Waals surface area contributed by atoms with Crippen molar-refractivity contribution in [2.24, 2.45) is 10.7 Å². The minimum atomic E-state index is 0.476. The van der Waals surface area contributed by atoms with Gasteiger partial charge in [-0.1, -0.05) is 31.0 Å². The Balaban J connectivity index is 1.74. The molecule has 1 aliphatic rings. The van der Waals surface area contributed by atoms with Crippen LogP contribution in [0.3, 0.4) is 0 Å². The number of rotatable bonds is 7. The molecule has 5 heteroatoms. The molecule has 128 valence electrons. The molecule has 0 aromatic heterocycles. The molecule has 23 heavy (non-hydrogen) atoms. The summed E-state index contributed by atoms with van der Waals surface area (Å²) in [4.78, 5) is 7.00. The first-order valence-electron chi connectivity index (χ1n) is 8.66. The van der Waals surface area contributed by atoms with Gasteiger partial charge in [0, 0.05) is 24.9 Å². The van der Waals surface area contributed by atoms with Gasteiger partial charge in [0.2, 0.25) is 0 Å². The highest BCUT2D eigenvalue weighted by atomic mass is 16.5. The van der Waals surface area contributed by atoms with Gasteiger partial charge in [0.1, 0.15) is 0 Å². The van der Waals surface area contributed by atoms with Crippen molar-refractivity contribution in [1.82, 2.24) is 4.90 Å². The molecule has 1 aliphatic heterocycles. The highest BCUT2D eigenvalue weighted by Gasteiger charge is 2.08. The Bertz CT molecular complexity index is 482. The lowest BCUT2D eigenvalue weighted by atomic mass is 10.2. The zero-order chi connectivity index (χ0) is 16.3. The van der Waals surface area contributed by atoms with E-state index in [0.717, 1.165) is 30.8 Å². The zero-order valence-electron chi connectivity index (χ0n) is 14.3. The Morgan fingerprint density at radius 2 is 1.96 bits per heavy atom. The molecule has 1 aromatic rings. The summed E-state index contributed by atoms with van der Waals surface area (Å²) in [5.74, 6) is 0.476. The molecule has 2 rings (SSSR count). The van der Waals surface area contributed by atoms with Crippen LogP contribution in [0.5, 0.6) is 0 Å². The van der Waals surface area contributed by atoms with Crippen molar-refractivity contribution in [3.8, 4) is 0 Å². The van der Waals surface area contributed by atoms with Gasteiger partial charge >= 0.3 is 0 Å². The van der Waals surface area contributed by atoms with Gasteiger partial charge in [0.25, 0.3) is 0 Å². The van der Waals surface area contributed by atoms with E-state index in [1.165, 1.54) is 38.8 Å². The van der Waals surface area contributed by atoms with E-state index in [9.17, 15) is 0 Å². The average Bonchev–Trinajstić information content (AvgIpc) is 2.82. The van der Waals surface area contributed by atoms with Crippen LogP contribution in [-0.4, -0.2) is 44.1 Å². The second-order valence-corrected chi connectivity index (χ2v) is 6.09. The van der Waals surface area contributed by atoms with Crippen molar-refractivity contribution in [1.29, 1.82) is 0 Å². The van der Waals surface area contributed by atoms with Crippen molar-refractivity contribution >= 4 is 11.6 Å². The summed E-state index contributed by atoms with van der Waals surface area (Å²) < 4.78 is 5.20. The summed E-state index contributed by atoms with van der Waals surface area (Å²) >= 11 is 0. The standard InChI is InChI=1S/C18H30N4O/c1-23-15-16-9-4-5-10-17(16)21-18(19)20-11-8-14-22-12-6-2-3-7-13-22/h4-5,9-10H,2-3,6-8,11-15H2,1H3,(H3,19,20,21). The molecule has 1 fully saturated rings. The summed E-state index contributed by atoms with van der Waals surface area (Å²) in [5.41, 5.74) is 8.04. The summed E-state index contributed by atoms with van der Waals surface area (Å²) in [5, 5.41) is 3.18. The average molecular weight is 318 g/mol. The molecular weight excluding hydrogens is 288 g/mol. The van der Waals surface area contributed by atoms with Crippen LogP contribution in [0.1, 0.15) is 37.7 Å². The fraction of sp³-hybridized carbons (Fsp3) is 0.611. The normalized spacial score (nSPS) is 17.0. The lowest BCUT2D eigenvalue weighted by molar-refractivity contribution is 0.185. The Morgan fingerprint density at radius 3 is 2.70 bits per heavy atom. The van der Waals surface area contributed by atoms with E-state index >= 15 is 0 Å². The number of hydrogen-bond donors (Lipinski definition) is 2. The van der Waals surface area contributed by atoms with Crippen molar-refractivity contribution in [3.63, 3.8) is 0 Å². The molecule has 1 saturated heterocycles. The molecule has 0 bridgehead atoms. The predicted octanol–water partition coefficient (Wildman–Crippen LogP) is 2.83. The van der Waals surface area contributed by atoms with Crippen LogP contribution in [0.15, 0.2) is 29.3 Å². The lowest BCUT2D eigenvalue weighted by Crippen LogP contribution is -2.27. The Kier molecular flexibility index (Phi) is 7.90. The largest absolute Gasteiger partial charge is 0.380 e. The summed E-state index contributed by atoms with van der Waals surface area (Å²) in [7, 11) is 1.69. The van der Waals surface area contributed by atoms with Crippen LogP contribution >= 0.6 is 0 Å². The molecule has 0 saturated carbocycles. The number of guanidine groups is 1. The third kappa shape index (κ3) is 6.59. The molecule has 0 spiro atoms. The van der Waals surface area contributed by atoms with E-state index in [1.54, 1.807) is 7.11 Å². The third-order valence-electron chi connectivity index (χ3n) is 4.19. The third-order valence-corrected chi connectivity index (χ3v) is 4.19. The van der Waals surface area contributed by atoms with Crippen molar-refractivity contribution in [2.75, 3.05) is 38.6 Å². The van der Waals surface area contributed by atoms with Crippen molar-refractivity contribution in [3.05, 3.63) is 29.8 Å².